The van der Waals surface area contributed by atoms with Crippen molar-refractivity contribution in [2.24, 2.45) is 5.92 Å². The van der Waals surface area contributed by atoms with E-state index in [0.29, 0.717) is 17.9 Å². The molecule has 28 heavy (non-hydrogen) atoms. The Morgan fingerprint density at radius 2 is 1.93 bits per heavy atom. The van der Waals surface area contributed by atoms with Gasteiger partial charge in [-0.25, -0.2) is 9.48 Å². The van der Waals surface area contributed by atoms with Gasteiger partial charge in [-0.1, -0.05) is 26.0 Å². The Morgan fingerprint density at radius 1 is 1.18 bits per heavy atom. The van der Waals surface area contributed by atoms with Crippen molar-refractivity contribution in [3.8, 4) is 17.0 Å². The minimum absolute atomic E-state index is 0.182. The highest BCUT2D eigenvalue weighted by atomic mass is 16.5. The van der Waals surface area contributed by atoms with Gasteiger partial charge in [0.05, 0.1) is 19.9 Å². The van der Waals surface area contributed by atoms with Gasteiger partial charge in [0.1, 0.15) is 18.3 Å². The Bertz CT molecular complexity index is 891. The van der Waals surface area contributed by atoms with Crippen molar-refractivity contribution in [3.63, 3.8) is 0 Å². The van der Waals surface area contributed by atoms with Crippen LogP contribution >= 0.6 is 0 Å². The van der Waals surface area contributed by atoms with E-state index in [0.717, 1.165) is 10.2 Å². The molecule has 0 aliphatic heterocycles. The lowest BCUT2D eigenvalue weighted by Crippen LogP contribution is -2.44. The van der Waals surface area contributed by atoms with Crippen LogP contribution < -0.4 is 15.6 Å². The molecule has 1 N–H and O–H groups in total. The highest BCUT2D eigenvalue weighted by Crippen LogP contribution is 2.21. The average molecular weight is 387 g/mol. The lowest BCUT2D eigenvalue weighted by molar-refractivity contribution is -0.145. The standard InChI is InChI=1S/C20H25N3O5/c1-13(2)10-17(20(26)28-4)21-18(24)12-23-19(25)9-8-16(22-23)14-6-5-7-15(11-14)27-3/h5-9,11,13,17H,10,12H2,1-4H3,(H,21,24). The van der Waals surface area contributed by atoms with Crippen LogP contribution in [0.3, 0.4) is 0 Å². The molecule has 0 spiro atoms. The molecule has 2 rings (SSSR count). The quantitative estimate of drug-likeness (QED) is 0.691. The van der Waals surface area contributed by atoms with Crippen molar-refractivity contribution in [1.29, 1.82) is 0 Å². The summed E-state index contributed by atoms with van der Waals surface area (Å²) in [4.78, 5) is 36.4. The van der Waals surface area contributed by atoms with E-state index >= 15 is 0 Å². The zero-order valence-electron chi connectivity index (χ0n) is 16.5. The first kappa shape index (κ1) is 21.1. The van der Waals surface area contributed by atoms with Gasteiger partial charge in [0, 0.05) is 11.6 Å². The number of esters is 1. The summed E-state index contributed by atoms with van der Waals surface area (Å²) < 4.78 is 11.0. The lowest BCUT2D eigenvalue weighted by atomic mass is 10.0. The van der Waals surface area contributed by atoms with Gasteiger partial charge in [-0.15, -0.1) is 0 Å². The first-order valence-electron chi connectivity index (χ1n) is 8.93. The second kappa shape index (κ2) is 9.68. The summed E-state index contributed by atoms with van der Waals surface area (Å²) in [6, 6.07) is 9.39. The number of rotatable bonds is 8. The number of hydrogen-bond acceptors (Lipinski definition) is 6. The van der Waals surface area contributed by atoms with Gasteiger partial charge < -0.3 is 14.8 Å². The Labute approximate surface area is 163 Å². The summed E-state index contributed by atoms with van der Waals surface area (Å²) in [6.07, 6.45) is 0.435. The van der Waals surface area contributed by atoms with E-state index < -0.39 is 23.5 Å². The molecular formula is C20H25N3O5. The summed E-state index contributed by atoms with van der Waals surface area (Å²) in [5, 5.41) is 6.88. The number of aromatic nitrogens is 2. The Hall–Kier alpha value is -3.16. The van der Waals surface area contributed by atoms with Crippen LogP contribution in [-0.4, -0.2) is 41.9 Å². The molecule has 0 saturated heterocycles. The van der Waals surface area contributed by atoms with Crippen molar-refractivity contribution >= 4 is 11.9 Å². The van der Waals surface area contributed by atoms with Crippen LogP contribution in [-0.2, 0) is 20.9 Å². The van der Waals surface area contributed by atoms with Crippen molar-refractivity contribution in [2.45, 2.75) is 32.9 Å². The van der Waals surface area contributed by atoms with Crippen LogP contribution in [0.15, 0.2) is 41.2 Å². The second-order valence-electron chi connectivity index (χ2n) is 6.72. The number of carbonyl (C=O) groups excluding carboxylic acids is 2. The monoisotopic (exact) mass is 387 g/mol. The number of nitrogens with one attached hydrogen (secondary N) is 1. The molecule has 0 fully saturated rings. The Balaban J connectivity index is 2.19. The third kappa shape index (κ3) is 5.67. The molecule has 8 heteroatoms. The third-order valence-electron chi connectivity index (χ3n) is 4.05. The SMILES string of the molecule is COC(=O)C(CC(C)C)NC(=O)Cn1nc(-c2cccc(OC)c2)ccc1=O. The number of benzene rings is 1. The van der Waals surface area contributed by atoms with Crippen molar-refractivity contribution in [3.05, 3.63) is 46.8 Å². The number of carbonyl (C=O) groups is 2. The molecule has 0 aliphatic carbocycles. The number of methoxy groups -OCH3 is 2. The van der Waals surface area contributed by atoms with Crippen LogP contribution in [0.1, 0.15) is 20.3 Å². The second-order valence-corrected chi connectivity index (χ2v) is 6.72. The first-order chi connectivity index (χ1) is 13.3. The summed E-state index contributed by atoms with van der Waals surface area (Å²) in [5.74, 6) is -0.174. The number of ether oxygens (including phenoxy) is 2. The molecule has 1 aromatic heterocycles. The summed E-state index contributed by atoms with van der Waals surface area (Å²) in [6.45, 7) is 3.57. The van der Waals surface area contributed by atoms with Crippen molar-refractivity contribution < 1.29 is 19.1 Å². The van der Waals surface area contributed by atoms with Crippen LogP contribution in [0.2, 0.25) is 0 Å². The third-order valence-corrected chi connectivity index (χ3v) is 4.05. The molecule has 0 aliphatic rings. The van der Waals surface area contributed by atoms with E-state index in [1.165, 1.54) is 13.2 Å². The van der Waals surface area contributed by atoms with Crippen LogP contribution in [0.5, 0.6) is 5.75 Å². The predicted octanol–water partition coefficient (Wildman–Crippen LogP) is 1.62. The van der Waals surface area contributed by atoms with Crippen molar-refractivity contribution in [1.82, 2.24) is 15.1 Å². The fourth-order valence-electron chi connectivity index (χ4n) is 2.70. The first-order valence-corrected chi connectivity index (χ1v) is 8.93. The van der Waals surface area contributed by atoms with Gasteiger partial charge in [0.25, 0.3) is 5.56 Å². The lowest BCUT2D eigenvalue weighted by Gasteiger charge is -2.18. The molecule has 0 bridgehead atoms. The summed E-state index contributed by atoms with van der Waals surface area (Å²) in [5.41, 5.74) is 0.860. The van der Waals surface area contributed by atoms with E-state index in [1.807, 2.05) is 26.0 Å². The maximum atomic E-state index is 12.4. The molecule has 1 heterocycles. The maximum absolute atomic E-state index is 12.4. The minimum atomic E-state index is -0.769. The molecular weight excluding hydrogens is 362 g/mol. The topological polar surface area (TPSA) is 99.5 Å². The number of nitrogens with zero attached hydrogens (tertiary/aromatic N) is 2. The molecule has 1 atom stereocenters. The fraction of sp³-hybridized carbons (Fsp3) is 0.400. The largest absolute Gasteiger partial charge is 0.497 e. The normalized spacial score (nSPS) is 11.8. The van der Waals surface area contributed by atoms with Gasteiger partial charge in [-0.2, -0.15) is 5.10 Å². The average Bonchev–Trinajstić information content (AvgIpc) is 2.68. The summed E-state index contributed by atoms with van der Waals surface area (Å²) in [7, 11) is 2.83. The summed E-state index contributed by atoms with van der Waals surface area (Å²) >= 11 is 0. The molecule has 0 radical (unpaired) electrons. The highest BCUT2D eigenvalue weighted by Gasteiger charge is 2.23. The van der Waals surface area contributed by atoms with Crippen LogP contribution in [0.25, 0.3) is 11.3 Å². The minimum Gasteiger partial charge on any atom is -0.497 e. The van der Waals surface area contributed by atoms with Crippen LogP contribution in [0, 0.1) is 5.92 Å². The Morgan fingerprint density at radius 3 is 2.57 bits per heavy atom. The fourth-order valence-corrected chi connectivity index (χ4v) is 2.70. The zero-order valence-corrected chi connectivity index (χ0v) is 16.5. The highest BCUT2D eigenvalue weighted by molar-refractivity contribution is 5.84. The molecule has 2 aromatic rings. The van der Waals surface area contributed by atoms with Gasteiger partial charge in [-0.3, -0.25) is 9.59 Å². The van der Waals surface area contributed by atoms with E-state index in [2.05, 4.69) is 10.4 Å². The van der Waals surface area contributed by atoms with E-state index in [-0.39, 0.29) is 12.5 Å². The molecule has 150 valence electrons. The van der Waals surface area contributed by atoms with Gasteiger partial charge >= 0.3 is 5.97 Å². The molecule has 0 saturated carbocycles. The predicted molar refractivity (Wildman–Crippen MR) is 104 cm³/mol. The maximum Gasteiger partial charge on any atom is 0.328 e. The van der Waals surface area contributed by atoms with Gasteiger partial charge in [0.15, 0.2) is 0 Å². The smallest absolute Gasteiger partial charge is 0.328 e. The molecule has 1 unspecified atom stereocenters. The zero-order chi connectivity index (χ0) is 20.7. The van der Waals surface area contributed by atoms with Gasteiger partial charge in [-0.05, 0) is 30.5 Å². The van der Waals surface area contributed by atoms with E-state index in [1.54, 1.807) is 25.3 Å². The van der Waals surface area contributed by atoms with E-state index in [9.17, 15) is 14.4 Å². The molecule has 8 nitrogen and oxygen atoms in total. The number of hydrogen-bond donors (Lipinski definition) is 1. The molecule has 1 aromatic carbocycles. The van der Waals surface area contributed by atoms with Gasteiger partial charge in [0.2, 0.25) is 5.91 Å². The number of amides is 1. The molecule has 1 amide bonds. The van der Waals surface area contributed by atoms with Crippen molar-refractivity contribution in [2.75, 3.05) is 14.2 Å². The Kier molecular flexibility index (Phi) is 7.31. The van der Waals surface area contributed by atoms with E-state index in [4.69, 9.17) is 9.47 Å². The van der Waals surface area contributed by atoms with Crippen LogP contribution in [0.4, 0.5) is 0 Å².